The lowest BCUT2D eigenvalue weighted by Gasteiger charge is -2.21. The van der Waals surface area contributed by atoms with Crippen LogP contribution in [0, 0.1) is 11.8 Å². The minimum Gasteiger partial charge on any atom is -0.480 e. The highest BCUT2D eigenvalue weighted by molar-refractivity contribution is 5.91. The molecular formula is C11H18N2O4. The lowest BCUT2D eigenvalue weighted by molar-refractivity contribution is -0.143. The predicted molar refractivity (Wildman–Crippen MR) is 60.1 cm³/mol. The van der Waals surface area contributed by atoms with Crippen LogP contribution in [0.5, 0.6) is 0 Å². The number of carbonyl (C=O) groups is 3. The van der Waals surface area contributed by atoms with Crippen LogP contribution < -0.4 is 10.6 Å². The average molecular weight is 242 g/mol. The molecule has 0 aliphatic carbocycles. The highest BCUT2D eigenvalue weighted by Gasteiger charge is 2.32. The molecule has 2 amide bonds. The van der Waals surface area contributed by atoms with Crippen LogP contribution in [0.1, 0.15) is 26.7 Å². The Balaban J connectivity index is 2.58. The van der Waals surface area contributed by atoms with Gasteiger partial charge in [-0.15, -0.1) is 0 Å². The molecule has 17 heavy (non-hydrogen) atoms. The maximum atomic E-state index is 11.8. The Morgan fingerprint density at radius 2 is 2.24 bits per heavy atom. The van der Waals surface area contributed by atoms with Gasteiger partial charge < -0.3 is 15.7 Å². The lowest BCUT2D eigenvalue weighted by Crippen LogP contribution is -2.47. The Kier molecular flexibility index (Phi) is 4.48. The van der Waals surface area contributed by atoms with Gasteiger partial charge in [0.15, 0.2) is 0 Å². The summed E-state index contributed by atoms with van der Waals surface area (Å²) >= 11 is 0. The molecule has 6 heteroatoms. The van der Waals surface area contributed by atoms with Gasteiger partial charge in [-0.1, -0.05) is 20.3 Å². The molecule has 1 fully saturated rings. The molecule has 1 aliphatic rings. The fraction of sp³-hybridized carbons (Fsp3) is 0.727. The van der Waals surface area contributed by atoms with E-state index in [1.165, 1.54) is 0 Å². The van der Waals surface area contributed by atoms with Gasteiger partial charge in [0.25, 0.3) is 0 Å². The first-order valence-corrected chi connectivity index (χ1v) is 5.75. The molecule has 1 saturated heterocycles. The second-order valence-corrected chi connectivity index (χ2v) is 4.42. The average Bonchev–Trinajstić information content (AvgIpc) is 2.71. The molecule has 0 radical (unpaired) electrons. The Morgan fingerprint density at radius 3 is 2.65 bits per heavy atom. The normalized spacial score (nSPS) is 22.7. The summed E-state index contributed by atoms with van der Waals surface area (Å²) in [6.07, 6.45) is 0.803. The number of nitrogens with one attached hydrogen (secondary N) is 2. The maximum absolute atomic E-state index is 11.8. The molecule has 0 bridgehead atoms. The van der Waals surface area contributed by atoms with E-state index in [0.717, 1.165) is 0 Å². The van der Waals surface area contributed by atoms with Gasteiger partial charge in [-0.2, -0.15) is 0 Å². The van der Waals surface area contributed by atoms with E-state index < -0.39 is 17.9 Å². The zero-order valence-electron chi connectivity index (χ0n) is 10.0. The standard InChI is InChI=1S/C11H18N2O4/c1-3-6(2)9(11(16)17)13-10(15)7-4-8(14)12-5-7/h6-7,9H,3-5H2,1-2H3,(H,12,14)(H,13,15)(H,16,17). The third-order valence-corrected chi connectivity index (χ3v) is 3.13. The van der Waals surface area contributed by atoms with Crippen LogP contribution in [-0.4, -0.2) is 35.5 Å². The molecule has 1 rings (SSSR count). The summed E-state index contributed by atoms with van der Waals surface area (Å²) in [6, 6.07) is -0.886. The van der Waals surface area contributed by atoms with E-state index in [2.05, 4.69) is 10.6 Å². The van der Waals surface area contributed by atoms with E-state index in [-0.39, 0.29) is 30.7 Å². The second kappa shape index (κ2) is 5.65. The van der Waals surface area contributed by atoms with Crippen LogP contribution in [0.4, 0.5) is 0 Å². The summed E-state index contributed by atoms with van der Waals surface area (Å²) in [5.41, 5.74) is 0. The molecule has 0 saturated carbocycles. The highest BCUT2D eigenvalue weighted by Crippen LogP contribution is 2.12. The van der Waals surface area contributed by atoms with Crippen LogP contribution in [0.25, 0.3) is 0 Å². The Labute approximate surface area is 99.8 Å². The molecular weight excluding hydrogens is 224 g/mol. The molecule has 3 atom stereocenters. The fourth-order valence-corrected chi connectivity index (χ4v) is 1.74. The predicted octanol–water partition coefficient (Wildman–Crippen LogP) is -0.262. The summed E-state index contributed by atoms with van der Waals surface area (Å²) < 4.78 is 0. The minimum atomic E-state index is -1.04. The second-order valence-electron chi connectivity index (χ2n) is 4.42. The first kappa shape index (κ1) is 13.5. The summed E-state index contributed by atoms with van der Waals surface area (Å²) in [4.78, 5) is 33.7. The quantitative estimate of drug-likeness (QED) is 0.619. The van der Waals surface area contributed by atoms with Gasteiger partial charge in [0.05, 0.1) is 5.92 Å². The van der Waals surface area contributed by atoms with Crippen molar-refractivity contribution in [1.82, 2.24) is 10.6 Å². The van der Waals surface area contributed by atoms with Crippen molar-refractivity contribution in [3.8, 4) is 0 Å². The SMILES string of the molecule is CCC(C)C(NC(=O)C1CNC(=O)C1)C(=O)O. The number of carboxylic acid groups (broad SMARTS) is 1. The van der Waals surface area contributed by atoms with Crippen LogP contribution in [0.15, 0.2) is 0 Å². The highest BCUT2D eigenvalue weighted by atomic mass is 16.4. The first-order chi connectivity index (χ1) is 7.95. The molecule has 0 aromatic heterocycles. The molecule has 6 nitrogen and oxygen atoms in total. The smallest absolute Gasteiger partial charge is 0.326 e. The van der Waals surface area contributed by atoms with Gasteiger partial charge in [0, 0.05) is 13.0 Å². The Hall–Kier alpha value is -1.59. The van der Waals surface area contributed by atoms with Crippen LogP contribution in [0.3, 0.4) is 0 Å². The third-order valence-electron chi connectivity index (χ3n) is 3.13. The van der Waals surface area contributed by atoms with Crippen molar-refractivity contribution in [2.75, 3.05) is 6.54 Å². The van der Waals surface area contributed by atoms with Crippen molar-refractivity contribution in [3.05, 3.63) is 0 Å². The Bertz CT molecular complexity index is 329. The molecule has 3 unspecified atom stereocenters. The van der Waals surface area contributed by atoms with E-state index in [4.69, 9.17) is 5.11 Å². The van der Waals surface area contributed by atoms with Crippen molar-refractivity contribution in [2.24, 2.45) is 11.8 Å². The maximum Gasteiger partial charge on any atom is 0.326 e. The summed E-state index contributed by atoms with van der Waals surface area (Å²) in [5, 5.41) is 14.1. The molecule has 96 valence electrons. The van der Waals surface area contributed by atoms with E-state index in [0.29, 0.717) is 6.42 Å². The fourth-order valence-electron chi connectivity index (χ4n) is 1.74. The van der Waals surface area contributed by atoms with E-state index >= 15 is 0 Å². The molecule has 1 aliphatic heterocycles. The van der Waals surface area contributed by atoms with E-state index in [1.54, 1.807) is 6.92 Å². The van der Waals surface area contributed by atoms with Crippen LogP contribution >= 0.6 is 0 Å². The Morgan fingerprint density at radius 1 is 1.59 bits per heavy atom. The van der Waals surface area contributed by atoms with Crippen LogP contribution in [0.2, 0.25) is 0 Å². The van der Waals surface area contributed by atoms with Gasteiger partial charge in [0.2, 0.25) is 11.8 Å². The van der Waals surface area contributed by atoms with Crippen molar-refractivity contribution < 1.29 is 19.5 Å². The summed E-state index contributed by atoms with van der Waals surface area (Å²) in [6.45, 7) is 3.93. The molecule has 0 aromatic carbocycles. The number of hydrogen-bond donors (Lipinski definition) is 3. The number of rotatable bonds is 5. The minimum absolute atomic E-state index is 0.137. The van der Waals surface area contributed by atoms with Gasteiger partial charge in [-0.3, -0.25) is 9.59 Å². The summed E-state index contributed by atoms with van der Waals surface area (Å²) in [5.74, 6) is -2.16. The lowest BCUT2D eigenvalue weighted by atomic mass is 9.98. The van der Waals surface area contributed by atoms with Gasteiger partial charge in [0.1, 0.15) is 6.04 Å². The molecule has 1 heterocycles. The number of carbonyl (C=O) groups excluding carboxylic acids is 2. The third kappa shape index (κ3) is 3.44. The van der Waals surface area contributed by atoms with Crippen LogP contribution in [-0.2, 0) is 14.4 Å². The number of carboxylic acids is 1. The van der Waals surface area contributed by atoms with Gasteiger partial charge in [-0.25, -0.2) is 4.79 Å². The van der Waals surface area contributed by atoms with Gasteiger partial charge >= 0.3 is 5.97 Å². The topological polar surface area (TPSA) is 95.5 Å². The van der Waals surface area contributed by atoms with Crippen molar-refractivity contribution >= 4 is 17.8 Å². The van der Waals surface area contributed by atoms with Crippen molar-refractivity contribution in [3.63, 3.8) is 0 Å². The summed E-state index contributed by atoms with van der Waals surface area (Å²) in [7, 11) is 0. The molecule has 0 spiro atoms. The molecule has 0 aromatic rings. The van der Waals surface area contributed by atoms with Crippen molar-refractivity contribution in [2.45, 2.75) is 32.7 Å². The largest absolute Gasteiger partial charge is 0.480 e. The monoisotopic (exact) mass is 242 g/mol. The zero-order chi connectivity index (χ0) is 13.0. The van der Waals surface area contributed by atoms with E-state index in [9.17, 15) is 14.4 Å². The number of hydrogen-bond acceptors (Lipinski definition) is 3. The van der Waals surface area contributed by atoms with Gasteiger partial charge in [-0.05, 0) is 5.92 Å². The number of amides is 2. The zero-order valence-corrected chi connectivity index (χ0v) is 10.0. The molecule has 3 N–H and O–H groups in total. The van der Waals surface area contributed by atoms with E-state index in [1.807, 2.05) is 6.92 Å². The first-order valence-electron chi connectivity index (χ1n) is 5.75. The van der Waals surface area contributed by atoms with Crippen molar-refractivity contribution in [1.29, 1.82) is 0 Å². The number of aliphatic carboxylic acids is 1.